The third-order valence-corrected chi connectivity index (χ3v) is 2.97. The Hall–Kier alpha value is -0.300. The first-order valence-corrected chi connectivity index (χ1v) is 5.91. The van der Waals surface area contributed by atoms with Crippen molar-refractivity contribution in [2.75, 3.05) is 0 Å². The number of hydrogen-bond donors (Lipinski definition) is 1. The molecular weight excluding hydrogens is 170 g/mol. The standard InChI is InChI=1S/C13H25N/c1-13(2,3)10-11-8-6-4-5-7-9-12(11)14/h7,9,11-12H,4-6,8,10,14H2,1-3H3/b9-7-/t11-,12-/m0/s1. The molecule has 0 fully saturated rings. The minimum absolute atomic E-state index is 0.287. The van der Waals surface area contributed by atoms with Gasteiger partial charge >= 0.3 is 0 Å². The number of hydrogen-bond acceptors (Lipinski definition) is 1. The van der Waals surface area contributed by atoms with Gasteiger partial charge in [-0.05, 0) is 37.0 Å². The second kappa shape index (κ2) is 4.97. The molecule has 82 valence electrons. The topological polar surface area (TPSA) is 26.0 Å². The lowest BCUT2D eigenvalue weighted by molar-refractivity contribution is 0.260. The predicted octanol–water partition coefficient (Wildman–Crippen LogP) is 3.50. The van der Waals surface area contributed by atoms with Crippen molar-refractivity contribution in [2.24, 2.45) is 17.1 Å². The van der Waals surface area contributed by atoms with E-state index in [2.05, 4.69) is 32.9 Å². The van der Waals surface area contributed by atoms with Gasteiger partial charge < -0.3 is 5.73 Å². The van der Waals surface area contributed by atoms with E-state index in [9.17, 15) is 0 Å². The number of rotatable bonds is 1. The van der Waals surface area contributed by atoms with Crippen molar-refractivity contribution in [3.63, 3.8) is 0 Å². The highest BCUT2D eigenvalue weighted by atomic mass is 14.6. The van der Waals surface area contributed by atoms with Gasteiger partial charge in [0.15, 0.2) is 0 Å². The maximum atomic E-state index is 6.17. The molecule has 2 N–H and O–H groups in total. The highest BCUT2D eigenvalue weighted by molar-refractivity contribution is 4.97. The fraction of sp³-hybridized carbons (Fsp3) is 0.846. The van der Waals surface area contributed by atoms with E-state index < -0.39 is 0 Å². The van der Waals surface area contributed by atoms with Gasteiger partial charge in [-0.1, -0.05) is 39.3 Å². The Bertz CT molecular complexity index is 188. The zero-order valence-electron chi connectivity index (χ0n) is 9.92. The third-order valence-electron chi connectivity index (χ3n) is 2.97. The van der Waals surface area contributed by atoms with Gasteiger partial charge in [0.25, 0.3) is 0 Å². The molecule has 0 aliphatic heterocycles. The van der Waals surface area contributed by atoms with E-state index in [0.717, 1.165) is 0 Å². The van der Waals surface area contributed by atoms with Crippen LogP contribution in [-0.2, 0) is 0 Å². The Labute approximate surface area is 88.8 Å². The van der Waals surface area contributed by atoms with Gasteiger partial charge in [0.2, 0.25) is 0 Å². The first kappa shape index (κ1) is 11.8. The van der Waals surface area contributed by atoms with Crippen LogP contribution in [0.3, 0.4) is 0 Å². The lowest BCUT2D eigenvalue weighted by Gasteiger charge is -2.30. The van der Waals surface area contributed by atoms with Gasteiger partial charge in [0, 0.05) is 6.04 Å². The SMILES string of the molecule is CC(C)(C)C[C@@H]1CCCC/C=C\[C@@H]1N. The fourth-order valence-corrected chi connectivity index (χ4v) is 2.30. The summed E-state index contributed by atoms with van der Waals surface area (Å²) in [6.45, 7) is 6.92. The molecule has 2 atom stereocenters. The highest BCUT2D eigenvalue weighted by Crippen LogP contribution is 2.30. The zero-order valence-corrected chi connectivity index (χ0v) is 9.92. The van der Waals surface area contributed by atoms with Gasteiger partial charge in [0.05, 0.1) is 0 Å². The molecule has 0 amide bonds. The van der Waals surface area contributed by atoms with Crippen LogP contribution >= 0.6 is 0 Å². The van der Waals surface area contributed by atoms with Gasteiger partial charge in [-0.3, -0.25) is 0 Å². The summed E-state index contributed by atoms with van der Waals surface area (Å²) in [6, 6.07) is 0.287. The van der Waals surface area contributed by atoms with Crippen LogP contribution < -0.4 is 5.73 Å². The van der Waals surface area contributed by atoms with Crippen LogP contribution in [0.2, 0.25) is 0 Å². The Morgan fingerprint density at radius 1 is 1.29 bits per heavy atom. The average molecular weight is 195 g/mol. The molecule has 0 heterocycles. The van der Waals surface area contributed by atoms with Crippen LogP contribution in [0.5, 0.6) is 0 Å². The van der Waals surface area contributed by atoms with Gasteiger partial charge in [-0.15, -0.1) is 0 Å². The number of nitrogens with two attached hydrogens (primary N) is 1. The Kier molecular flexibility index (Phi) is 4.18. The van der Waals surface area contributed by atoms with Gasteiger partial charge in [-0.25, -0.2) is 0 Å². The Morgan fingerprint density at radius 3 is 2.64 bits per heavy atom. The van der Waals surface area contributed by atoms with Crippen molar-refractivity contribution >= 4 is 0 Å². The Balaban J connectivity index is 2.55. The molecule has 0 spiro atoms. The van der Waals surface area contributed by atoms with E-state index in [1.165, 1.54) is 32.1 Å². The van der Waals surface area contributed by atoms with Crippen LogP contribution in [-0.4, -0.2) is 6.04 Å². The van der Waals surface area contributed by atoms with Crippen LogP contribution in [0.4, 0.5) is 0 Å². The molecular formula is C13H25N. The summed E-state index contributed by atoms with van der Waals surface area (Å²) in [5.74, 6) is 0.687. The minimum Gasteiger partial charge on any atom is -0.324 e. The van der Waals surface area contributed by atoms with Crippen molar-refractivity contribution in [2.45, 2.75) is 58.9 Å². The highest BCUT2D eigenvalue weighted by Gasteiger charge is 2.22. The lowest BCUT2D eigenvalue weighted by atomic mass is 9.78. The summed E-state index contributed by atoms with van der Waals surface area (Å²) < 4.78 is 0. The summed E-state index contributed by atoms with van der Waals surface area (Å²) in [4.78, 5) is 0. The molecule has 0 saturated heterocycles. The lowest BCUT2D eigenvalue weighted by Crippen LogP contribution is -2.31. The minimum atomic E-state index is 0.287. The first-order valence-electron chi connectivity index (χ1n) is 5.91. The summed E-state index contributed by atoms with van der Waals surface area (Å²) in [5.41, 5.74) is 6.58. The molecule has 1 aliphatic carbocycles. The molecule has 1 heteroatoms. The smallest absolute Gasteiger partial charge is 0.0252 e. The molecule has 0 aromatic rings. The van der Waals surface area contributed by atoms with E-state index in [1.54, 1.807) is 0 Å². The first-order chi connectivity index (χ1) is 6.49. The molecule has 0 aromatic heterocycles. The molecule has 0 aromatic carbocycles. The van der Waals surface area contributed by atoms with Crippen molar-refractivity contribution in [1.29, 1.82) is 0 Å². The molecule has 0 unspecified atom stereocenters. The van der Waals surface area contributed by atoms with Crippen molar-refractivity contribution < 1.29 is 0 Å². The third kappa shape index (κ3) is 4.28. The summed E-state index contributed by atoms with van der Waals surface area (Å²) in [5, 5.41) is 0. The largest absolute Gasteiger partial charge is 0.324 e. The molecule has 1 nitrogen and oxygen atoms in total. The fourth-order valence-electron chi connectivity index (χ4n) is 2.30. The molecule has 0 bridgehead atoms. The molecule has 1 aliphatic rings. The van der Waals surface area contributed by atoms with E-state index >= 15 is 0 Å². The van der Waals surface area contributed by atoms with Crippen molar-refractivity contribution in [3.8, 4) is 0 Å². The van der Waals surface area contributed by atoms with E-state index in [0.29, 0.717) is 11.3 Å². The summed E-state index contributed by atoms with van der Waals surface area (Å²) in [7, 11) is 0. The van der Waals surface area contributed by atoms with Gasteiger partial charge in [0.1, 0.15) is 0 Å². The molecule has 14 heavy (non-hydrogen) atoms. The van der Waals surface area contributed by atoms with Crippen LogP contribution in [0, 0.1) is 11.3 Å². The van der Waals surface area contributed by atoms with E-state index in [1.807, 2.05) is 0 Å². The van der Waals surface area contributed by atoms with Crippen LogP contribution in [0.25, 0.3) is 0 Å². The maximum Gasteiger partial charge on any atom is 0.0252 e. The quantitative estimate of drug-likeness (QED) is 0.637. The number of allylic oxidation sites excluding steroid dienone is 1. The summed E-state index contributed by atoms with van der Waals surface area (Å²) in [6.07, 6.45) is 10.9. The average Bonchev–Trinajstić information content (AvgIpc) is 2.03. The van der Waals surface area contributed by atoms with Crippen LogP contribution in [0.1, 0.15) is 52.9 Å². The molecule has 0 saturated carbocycles. The monoisotopic (exact) mass is 195 g/mol. The van der Waals surface area contributed by atoms with Crippen molar-refractivity contribution in [3.05, 3.63) is 12.2 Å². The van der Waals surface area contributed by atoms with E-state index in [4.69, 9.17) is 5.73 Å². The normalized spacial score (nSPS) is 32.0. The molecule has 1 rings (SSSR count). The zero-order chi connectivity index (χ0) is 10.6. The summed E-state index contributed by atoms with van der Waals surface area (Å²) >= 11 is 0. The van der Waals surface area contributed by atoms with E-state index in [-0.39, 0.29) is 6.04 Å². The van der Waals surface area contributed by atoms with Crippen LogP contribution in [0.15, 0.2) is 12.2 Å². The van der Waals surface area contributed by atoms with Gasteiger partial charge in [-0.2, -0.15) is 0 Å². The molecule has 0 radical (unpaired) electrons. The van der Waals surface area contributed by atoms with Crippen molar-refractivity contribution in [1.82, 2.24) is 0 Å². The predicted molar refractivity (Wildman–Crippen MR) is 63.1 cm³/mol. The second-order valence-electron chi connectivity index (χ2n) is 5.81. The second-order valence-corrected chi connectivity index (χ2v) is 5.81. The maximum absolute atomic E-state index is 6.17. The Morgan fingerprint density at radius 2 is 2.00 bits per heavy atom.